The van der Waals surface area contributed by atoms with E-state index in [9.17, 15) is 14.4 Å². The van der Waals surface area contributed by atoms with Crippen LogP contribution in [0, 0.1) is 0 Å². The molecule has 0 bridgehead atoms. The molecule has 0 aliphatic heterocycles. The Morgan fingerprint density at radius 3 is 1.95 bits per heavy atom. The summed E-state index contributed by atoms with van der Waals surface area (Å²) in [4.78, 5) is 32.4. The van der Waals surface area contributed by atoms with Gasteiger partial charge in [-0.2, -0.15) is 0 Å². The minimum Gasteiger partial charge on any atom is -0.481 e. The highest BCUT2D eigenvalue weighted by Crippen LogP contribution is 2.09. The molecule has 0 atom stereocenters. The molecule has 0 heterocycles. The van der Waals surface area contributed by atoms with E-state index in [1.165, 1.54) is 0 Å². The molecule has 0 radical (unpaired) electrons. The van der Waals surface area contributed by atoms with Crippen LogP contribution in [0.1, 0.15) is 57.8 Å². The lowest BCUT2D eigenvalue weighted by molar-refractivity contribution is -0.144. The first-order valence-electron chi connectivity index (χ1n) is 7.73. The molecule has 6 nitrogen and oxygen atoms in total. The van der Waals surface area contributed by atoms with Crippen molar-refractivity contribution in [2.45, 2.75) is 57.8 Å². The van der Waals surface area contributed by atoms with Gasteiger partial charge in [0.2, 0.25) is 0 Å². The van der Waals surface area contributed by atoms with Gasteiger partial charge in [0.05, 0.1) is 13.2 Å². The number of carboxylic acid groups (broad SMARTS) is 1. The highest BCUT2D eigenvalue weighted by Gasteiger charge is 2.03. The number of esters is 2. The molecule has 0 aromatic rings. The Morgan fingerprint density at radius 1 is 0.818 bits per heavy atom. The summed E-state index contributed by atoms with van der Waals surface area (Å²) in [6.45, 7) is 3.74. The lowest BCUT2D eigenvalue weighted by Gasteiger charge is -2.05. The average molecular weight is 314 g/mol. The van der Waals surface area contributed by atoms with Crippen molar-refractivity contribution in [1.82, 2.24) is 0 Å². The van der Waals surface area contributed by atoms with Gasteiger partial charge in [-0.3, -0.25) is 9.59 Å². The topological polar surface area (TPSA) is 89.9 Å². The molecule has 0 aliphatic rings. The number of ether oxygens (including phenoxy) is 2. The van der Waals surface area contributed by atoms with Crippen molar-refractivity contribution in [3.8, 4) is 0 Å². The van der Waals surface area contributed by atoms with Crippen molar-refractivity contribution in [2.75, 3.05) is 13.2 Å². The Balaban J connectivity index is 3.27. The first-order valence-corrected chi connectivity index (χ1v) is 7.73. The number of carbonyl (C=O) groups is 3. The number of carbonyl (C=O) groups excluding carboxylic acids is 2. The fourth-order valence-corrected chi connectivity index (χ4v) is 1.80. The second-order valence-electron chi connectivity index (χ2n) is 4.96. The van der Waals surface area contributed by atoms with Crippen LogP contribution in [-0.4, -0.2) is 36.2 Å². The second-order valence-corrected chi connectivity index (χ2v) is 4.96. The molecule has 0 saturated heterocycles. The predicted octanol–water partition coefficient (Wildman–Crippen LogP) is 2.85. The van der Waals surface area contributed by atoms with E-state index in [1.54, 1.807) is 0 Å². The molecule has 0 spiro atoms. The smallest absolute Gasteiger partial charge is 0.330 e. The summed E-state index contributed by atoms with van der Waals surface area (Å²) >= 11 is 0. The summed E-state index contributed by atoms with van der Waals surface area (Å²) in [7, 11) is 0. The highest BCUT2D eigenvalue weighted by atomic mass is 16.5. The number of carboxylic acids is 1. The molecule has 0 aliphatic carbocycles. The molecule has 0 saturated carbocycles. The van der Waals surface area contributed by atoms with E-state index < -0.39 is 11.9 Å². The van der Waals surface area contributed by atoms with Gasteiger partial charge in [0, 0.05) is 25.3 Å². The molecule has 0 amide bonds. The van der Waals surface area contributed by atoms with Gasteiger partial charge in [0.15, 0.2) is 0 Å². The lowest BCUT2D eigenvalue weighted by Crippen LogP contribution is -2.09. The van der Waals surface area contributed by atoms with Crippen LogP contribution in [0.15, 0.2) is 12.7 Å². The number of aliphatic carboxylic acids is 1. The van der Waals surface area contributed by atoms with Gasteiger partial charge >= 0.3 is 17.9 Å². The summed E-state index contributed by atoms with van der Waals surface area (Å²) in [6, 6.07) is 0. The van der Waals surface area contributed by atoms with Crippen molar-refractivity contribution >= 4 is 17.9 Å². The van der Waals surface area contributed by atoms with Crippen LogP contribution >= 0.6 is 0 Å². The molecule has 22 heavy (non-hydrogen) atoms. The monoisotopic (exact) mass is 314 g/mol. The zero-order valence-corrected chi connectivity index (χ0v) is 13.1. The highest BCUT2D eigenvalue weighted by molar-refractivity contribution is 5.81. The summed E-state index contributed by atoms with van der Waals surface area (Å²) in [5, 5.41) is 8.48. The van der Waals surface area contributed by atoms with E-state index in [4.69, 9.17) is 14.6 Å². The molecule has 126 valence electrons. The summed E-state index contributed by atoms with van der Waals surface area (Å²) < 4.78 is 9.76. The maximum Gasteiger partial charge on any atom is 0.330 e. The molecule has 0 aromatic heterocycles. The molecule has 0 fully saturated rings. The van der Waals surface area contributed by atoms with Crippen LogP contribution in [0.4, 0.5) is 0 Å². The maximum absolute atomic E-state index is 11.4. The number of hydrogen-bond donors (Lipinski definition) is 1. The number of unbranched alkanes of at least 4 members (excludes halogenated alkanes) is 5. The minimum atomic E-state index is -0.748. The second kappa shape index (κ2) is 14.1. The lowest BCUT2D eigenvalue weighted by atomic mass is 10.1. The van der Waals surface area contributed by atoms with Crippen molar-refractivity contribution in [1.29, 1.82) is 0 Å². The van der Waals surface area contributed by atoms with Gasteiger partial charge in [-0.1, -0.05) is 32.3 Å². The summed E-state index contributed by atoms with van der Waals surface area (Å²) in [6.07, 6.45) is 7.55. The SMILES string of the molecule is C=CC(=O)OCCCOC(=O)CCCCCCCCC(=O)O. The van der Waals surface area contributed by atoms with Crippen LogP contribution in [0.25, 0.3) is 0 Å². The van der Waals surface area contributed by atoms with Crippen LogP contribution in [0.3, 0.4) is 0 Å². The van der Waals surface area contributed by atoms with Gasteiger partial charge in [0.1, 0.15) is 0 Å². The van der Waals surface area contributed by atoms with E-state index in [1.807, 2.05) is 0 Å². The van der Waals surface area contributed by atoms with E-state index in [-0.39, 0.29) is 25.6 Å². The van der Waals surface area contributed by atoms with E-state index in [0.29, 0.717) is 19.3 Å². The zero-order valence-electron chi connectivity index (χ0n) is 13.1. The Labute approximate surface area is 131 Å². The maximum atomic E-state index is 11.4. The van der Waals surface area contributed by atoms with Crippen LogP contribution in [0.5, 0.6) is 0 Å². The molecule has 0 rings (SSSR count). The third-order valence-electron chi connectivity index (χ3n) is 2.98. The third-order valence-corrected chi connectivity index (χ3v) is 2.98. The standard InChI is InChI=1S/C16H26O6/c1-2-15(19)21-12-9-13-22-16(20)11-8-6-4-3-5-7-10-14(17)18/h2H,1,3-13H2,(H,17,18). The Kier molecular flexibility index (Phi) is 12.9. The first kappa shape index (κ1) is 20.1. The fourth-order valence-electron chi connectivity index (χ4n) is 1.80. The number of rotatable bonds is 14. The quantitative estimate of drug-likeness (QED) is 0.301. The fraction of sp³-hybridized carbons (Fsp3) is 0.688. The average Bonchev–Trinajstić information content (AvgIpc) is 2.48. The summed E-state index contributed by atoms with van der Waals surface area (Å²) in [5.74, 6) is -1.46. The van der Waals surface area contributed by atoms with E-state index in [0.717, 1.165) is 38.2 Å². The van der Waals surface area contributed by atoms with Crippen molar-refractivity contribution < 1.29 is 29.0 Å². The molecule has 1 N–H and O–H groups in total. The minimum absolute atomic E-state index is 0.217. The van der Waals surface area contributed by atoms with Crippen LogP contribution in [-0.2, 0) is 23.9 Å². The molecular formula is C16H26O6. The molecule has 6 heteroatoms. The van der Waals surface area contributed by atoms with Gasteiger partial charge in [-0.15, -0.1) is 0 Å². The van der Waals surface area contributed by atoms with Crippen molar-refractivity contribution in [3.63, 3.8) is 0 Å². The predicted molar refractivity (Wildman–Crippen MR) is 81.3 cm³/mol. The van der Waals surface area contributed by atoms with Crippen LogP contribution < -0.4 is 0 Å². The number of hydrogen-bond acceptors (Lipinski definition) is 5. The molecular weight excluding hydrogens is 288 g/mol. The van der Waals surface area contributed by atoms with Crippen molar-refractivity contribution in [2.24, 2.45) is 0 Å². The Hall–Kier alpha value is -1.85. The van der Waals surface area contributed by atoms with Gasteiger partial charge in [-0.05, 0) is 12.8 Å². The summed E-state index contributed by atoms with van der Waals surface area (Å²) in [5.41, 5.74) is 0. The first-order chi connectivity index (χ1) is 10.6. The van der Waals surface area contributed by atoms with Gasteiger partial charge in [0.25, 0.3) is 0 Å². The van der Waals surface area contributed by atoms with E-state index >= 15 is 0 Å². The zero-order chi connectivity index (χ0) is 16.6. The van der Waals surface area contributed by atoms with Crippen molar-refractivity contribution in [3.05, 3.63) is 12.7 Å². The van der Waals surface area contributed by atoms with E-state index in [2.05, 4.69) is 6.58 Å². The normalized spacial score (nSPS) is 10.0. The van der Waals surface area contributed by atoms with Gasteiger partial charge < -0.3 is 14.6 Å². The molecule has 0 unspecified atom stereocenters. The van der Waals surface area contributed by atoms with Crippen LogP contribution in [0.2, 0.25) is 0 Å². The van der Waals surface area contributed by atoms with Gasteiger partial charge in [-0.25, -0.2) is 4.79 Å². The largest absolute Gasteiger partial charge is 0.481 e. The Morgan fingerprint density at radius 2 is 1.36 bits per heavy atom. The molecule has 0 aromatic carbocycles. The third kappa shape index (κ3) is 14.6. The Bertz CT molecular complexity index is 351.